The Bertz CT molecular complexity index is 1150. The van der Waals surface area contributed by atoms with Gasteiger partial charge in [-0.3, -0.25) is 14.4 Å². The third-order valence-electron chi connectivity index (χ3n) is 4.55. The largest absolute Gasteiger partial charge is 0.464 e. The predicted molar refractivity (Wildman–Crippen MR) is 109 cm³/mol. The van der Waals surface area contributed by atoms with Crippen LogP contribution in [0.4, 0.5) is 10.1 Å². The second-order valence-electron chi connectivity index (χ2n) is 6.70. The molecule has 158 valence electrons. The number of thioether (sulfide) groups is 1. The van der Waals surface area contributed by atoms with Crippen molar-refractivity contribution in [3.8, 4) is 5.75 Å². The Morgan fingerprint density at radius 2 is 1.97 bits per heavy atom. The molecule has 1 aromatic carbocycles. The fourth-order valence-electron chi connectivity index (χ4n) is 3.01. The summed E-state index contributed by atoms with van der Waals surface area (Å²) in [5, 5.41) is 0.539. The van der Waals surface area contributed by atoms with E-state index in [0.29, 0.717) is 22.4 Å². The molecule has 1 atom stereocenters. The normalized spacial score (nSPS) is 15.8. The van der Waals surface area contributed by atoms with Gasteiger partial charge in [-0.2, -0.15) is 0 Å². The topological polar surface area (TPSA) is 103 Å². The van der Waals surface area contributed by atoms with Crippen molar-refractivity contribution < 1.29 is 23.1 Å². The van der Waals surface area contributed by atoms with Gasteiger partial charge in [-0.05, 0) is 30.3 Å². The number of amides is 1. The minimum Gasteiger partial charge on any atom is -0.464 e. The summed E-state index contributed by atoms with van der Waals surface area (Å²) < 4.78 is 23.7. The van der Waals surface area contributed by atoms with Crippen molar-refractivity contribution in [1.82, 2.24) is 9.97 Å². The highest BCUT2D eigenvalue weighted by Crippen LogP contribution is 2.26. The van der Waals surface area contributed by atoms with Crippen molar-refractivity contribution in [3.63, 3.8) is 0 Å². The Hall–Kier alpha value is -3.53. The van der Waals surface area contributed by atoms with Crippen molar-refractivity contribution in [1.29, 1.82) is 0 Å². The average molecular weight is 441 g/mol. The van der Waals surface area contributed by atoms with Gasteiger partial charge in [-0.25, -0.2) is 14.4 Å². The summed E-state index contributed by atoms with van der Waals surface area (Å²) in [6, 6.07) is 8.35. The first-order chi connectivity index (χ1) is 15.0. The van der Waals surface area contributed by atoms with Gasteiger partial charge in [0.15, 0.2) is 5.16 Å². The molecule has 2 aromatic heterocycles. The highest BCUT2D eigenvalue weighted by Gasteiger charge is 2.36. The van der Waals surface area contributed by atoms with Crippen LogP contribution in [0.1, 0.15) is 12.2 Å². The molecule has 0 N–H and O–H groups in total. The predicted octanol–water partition coefficient (Wildman–Crippen LogP) is 2.82. The van der Waals surface area contributed by atoms with E-state index >= 15 is 0 Å². The second kappa shape index (κ2) is 9.09. The molecule has 0 unspecified atom stereocenters. The van der Waals surface area contributed by atoms with Gasteiger partial charge in [-0.1, -0.05) is 11.8 Å². The molecule has 1 aliphatic heterocycles. The van der Waals surface area contributed by atoms with Crippen LogP contribution in [0.3, 0.4) is 0 Å². The maximum atomic E-state index is 13.1. The number of esters is 1. The molecule has 0 saturated carbocycles. The first-order valence-corrected chi connectivity index (χ1v) is 10.3. The molecule has 10 heteroatoms. The molecule has 0 spiro atoms. The molecule has 1 fully saturated rings. The van der Waals surface area contributed by atoms with Gasteiger partial charge in [-0.15, -0.1) is 0 Å². The van der Waals surface area contributed by atoms with Gasteiger partial charge < -0.3 is 14.1 Å². The van der Waals surface area contributed by atoms with Crippen LogP contribution in [-0.2, 0) is 15.3 Å². The third-order valence-corrected chi connectivity index (χ3v) is 5.44. The Kier molecular flexibility index (Phi) is 6.08. The number of rotatable bonds is 6. The molecular weight excluding hydrogens is 425 g/mol. The molecule has 0 aliphatic carbocycles. The quantitative estimate of drug-likeness (QED) is 0.327. The molecule has 31 heavy (non-hydrogen) atoms. The summed E-state index contributed by atoms with van der Waals surface area (Å²) in [5.41, 5.74) is -0.0191. The summed E-state index contributed by atoms with van der Waals surface area (Å²) in [6.45, 7) is 0.0838. The Morgan fingerprint density at radius 3 is 2.68 bits per heavy atom. The van der Waals surface area contributed by atoms with Gasteiger partial charge >= 0.3 is 5.97 Å². The van der Waals surface area contributed by atoms with Crippen LogP contribution < -0.4 is 15.1 Å². The van der Waals surface area contributed by atoms with E-state index in [4.69, 9.17) is 9.15 Å². The van der Waals surface area contributed by atoms with E-state index in [1.807, 2.05) is 0 Å². The first-order valence-electron chi connectivity index (χ1n) is 9.29. The van der Waals surface area contributed by atoms with E-state index in [2.05, 4.69) is 9.97 Å². The SMILES string of the molecule is O=C(Oc1coc(CSc2ncccn2)cc1=O)[C@@H]1CC(=O)N(c2ccc(F)cc2)C1. The van der Waals surface area contributed by atoms with E-state index in [1.54, 1.807) is 18.5 Å². The Balaban J connectivity index is 1.37. The van der Waals surface area contributed by atoms with Crippen LogP contribution in [0.25, 0.3) is 0 Å². The van der Waals surface area contributed by atoms with Gasteiger partial charge in [0, 0.05) is 37.1 Å². The standard InChI is InChI=1S/C21H16FN3O5S/c22-14-2-4-15(5-3-14)25-10-13(8-19(25)27)20(28)30-18-11-29-16(9-17(18)26)12-31-21-23-6-1-7-24-21/h1-7,9,11,13H,8,10,12H2/t13-/m1/s1. The number of hydrogen-bond donors (Lipinski definition) is 0. The molecule has 1 aliphatic rings. The van der Waals surface area contributed by atoms with Crippen molar-refractivity contribution in [3.05, 3.63) is 76.9 Å². The number of anilines is 1. The van der Waals surface area contributed by atoms with E-state index in [1.165, 1.54) is 47.0 Å². The van der Waals surface area contributed by atoms with Crippen LogP contribution in [-0.4, -0.2) is 28.4 Å². The molecular formula is C21H16FN3O5S. The molecule has 4 rings (SSSR count). The summed E-state index contributed by atoms with van der Waals surface area (Å²) in [7, 11) is 0. The Labute approximate surface area is 180 Å². The zero-order valence-corrected chi connectivity index (χ0v) is 16.9. The van der Waals surface area contributed by atoms with Crippen LogP contribution in [0, 0.1) is 11.7 Å². The Morgan fingerprint density at radius 1 is 1.23 bits per heavy atom. The van der Waals surface area contributed by atoms with Gasteiger partial charge in [0.25, 0.3) is 0 Å². The monoisotopic (exact) mass is 441 g/mol. The zero-order valence-electron chi connectivity index (χ0n) is 16.1. The van der Waals surface area contributed by atoms with Crippen LogP contribution in [0.2, 0.25) is 0 Å². The van der Waals surface area contributed by atoms with Gasteiger partial charge in [0.2, 0.25) is 17.1 Å². The number of aromatic nitrogens is 2. The van der Waals surface area contributed by atoms with Gasteiger partial charge in [0.05, 0.1) is 11.7 Å². The number of halogens is 1. The summed E-state index contributed by atoms with van der Waals surface area (Å²) in [5.74, 6) is -1.69. The summed E-state index contributed by atoms with van der Waals surface area (Å²) in [4.78, 5) is 46.6. The molecule has 1 amide bonds. The zero-order chi connectivity index (χ0) is 21.8. The number of carbonyl (C=O) groups is 2. The van der Waals surface area contributed by atoms with Crippen LogP contribution in [0.15, 0.2) is 69.4 Å². The summed E-state index contributed by atoms with van der Waals surface area (Å²) in [6.07, 6.45) is 4.24. The van der Waals surface area contributed by atoms with Crippen LogP contribution in [0.5, 0.6) is 5.75 Å². The minimum atomic E-state index is -0.748. The number of hydrogen-bond acceptors (Lipinski definition) is 8. The number of carbonyl (C=O) groups excluding carboxylic acids is 2. The van der Waals surface area contributed by atoms with E-state index in [9.17, 15) is 18.8 Å². The second-order valence-corrected chi connectivity index (χ2v) is 7.64. The van der Waals surface area contributed by atoms with Crippen molar-refractivity contribution >= 4 is 29.3 Å². The lowest BCUT2D eigenvalue weighted by molar-refractivity contribution is -0.139. The molecule has 8 nitrogen and oxygen atoms in total. The fourth-order valence-corrected chi connectivity index (χ4v) is 3.71. The van der Waals surface area contributed by atoms with E-state index in [-0.39, 0.29) is 24.6 Å². The van der Waals surface area contributed by atoms with Crippen molar-refractivity contribution in [2.75, 3.05) is 11.4 Å². The minimum absolute atomic E-state index is 0.0622. The summed E-state index contributed by atoms with van der Waals surface area (Å²) >= 11 is 1.29. The van der Waals surface area contributed by atoms with Crippen molar-refractivity contribution in [2.45, 2.75) is 17.3 Å². The number of ether oxygens (including phenoxy) is 1. The number of nitrogens with zero attached hydrogens (tertiary/aromatic N) is 3. The maximum Gasteiger partial charge on any atom is 0.316 e. The molecule has 3 aromatic rings. The highest BCUT2D eigenvalue weighted by molar-refractivity contribution is 7.98. The molecule has 0 bridgehead atoms. The molecule has 0 radical (unpaired) electrons. The molecule has 1 saturated heterocycles. The lowest BCUT2D eigenvalue weighted by atomic mass is 10.1. The average Bonchev–Trinajstić information content (AvgIpc) is 3.17. The van der Waals surface area contributed by atoms with E-state index in [0.717, 1.165) is 6.26 Å². The number of benzene rings is 1. The molecule has 3 heterocycles. The van der Waals surface area contributed by atoms with Crippen molar-refractivity contribution in [2.24, 2.45) is 5.92 Å². The van der Waals surface area contributed by atoms with Gasteiger partial charge in [0.1, 0.15) is 17.8 Å². The fraction of sp³-hybridized carbons (Fsp3) is 0.190. The van der Waals surface area contributed by atoms with E-state index < -0.39 is 23.1 Å². The first kappa shape index (κ1) is 20.7. The smallest absolute Gasteiger partial charge is 0.316 e. The lowest BCUT2D eigenvalue weighted by Gasteiger charge is -2.16. The van der Waals surface area contributed by atoms with Crippen LogP contribution >= 0.6 is 11.8 Å². The third kappa shape index (κ3) is 4.97. The highest BCUT2D eigenvalue weighted by atomic mass is 32.2. The maximum absolute atomic E-state index is 13.1. The lowest BCUT2D eigenvalue weighted by Crippen LogP contribution is -2.28.